The number of nitrogens with zero attached hydrogens (tertiary/aromatic N) is 3. The van der Waals surface area contributed by atoms with E-state index in [1.54, 1.807) is 46.8 Å². The fourth-order valence-corrected chi connectivity index (χ4v) is 6.84. The number of amides is 1. The molecule has 14 heteroatoms. The van der Waals surface area contributed by atoms with Gasteiger partial charge in [-0.2, -0.15) is 0 Å². The fourth-order valence-electron chi connectivity index (χ4n) is 4.01. The molecule has 1 amide bonds. The molecule has 11 nitrogen and oxygen atoms in total. The van der Waals surface area contributed by atoms with E-state index in [0.717, 1.165) is 0 Å². The molecule has 1 aromatic heterocycles. The van der Waals surface area contributed by atoms with E-state index in [1.807, 2.05) is 19.0 Å². The van der Waals surface area contributed by atoms with Gasteiger partial charge in [-0.05, 0) is 92.6 Å². The van der Waals surface area contributed by atoms with Crippen LogP contribution in [0.5, 0.6) is 5.75 Å². The first-order chi connectivity index (χ1) is 21.7. The largest absolute Gasteiger partial charge is 0.491 e. The molecule has 1 heterocycles. The lowest BCUT2D eigenvalue weighted by atomic mass is 10.2. The summed E-state index contributed by atoms with van der Waals surface area (Å²) in [6, 6.07) is 4.57. The van der Waals surface area contributed by atoms with Crippen LogP contribution in [-0.2, 0) is 29.5 Å². The van der Waals surface area contributed by atoms with Crippen molar-refractivity contribution in [3.8, 4) is 17.6 Å². The zero-order valence-electron chi connectivity index (χ0n) is 28.1. The second kappa shape index (κ2) is 19.0. The summed E-state index contributed by atoms with van der Waals surface area (Å²) in [5, 5.41) is 0.264. The summed E-state index contributed by atoms with van der Waals surface area (Å²) in [6.07, 6.45) is 1.27. The van der Waals surface area contributed by atoms with Crippen LogP contribution in [0.15, 0.2) is 18.2 Å². The second-order valence-corrected chi connectivity index (χ2v) is 14.7. The summed E-state index contributed by atoms with van der Waals surface area (Å²) < 4.78 is 54.5. The van der Waals surface area contributed by atoms with Gasteiger partial charge in [0, 0.05) is 17.0 Å². The number of hydrogen-bond donors (Lipinski definition) is 0. The molecule has 0 aliphatic carbocycles. The third kappa shape index (κ3) is 13.4. The Labute approximate surface area is 276 Å². The van der Waals surface area contributed by atoms with Crippen molar-refractivity contribution >= 4 is 36.1 Å². The second-order valence-electron chi connectivity index (χ2n) is 11.4. The van der Waals surface area contributed by atoms with Gasteiger partial charge in [-0.1, -0.05) is 11.8 Å². The number of carbonyl (C=O) groups excluding carboxylic acids is 2. The minimum absolute atomic E-state index is 0.0834. The van der Waals surface area contributed by atoms with Crippen LogP contribution in [0.1, 0.15) is 74.8 Å². The monoisotopic (exact) mass is 683 g/mol. The number of methoxy groups -OCH3 is 1. The van der Waals surface area contributed by atoms with Crippen LogP contribution < -0.4 is 9.64 Å². The van der Waals surface area contributed by atoms with E-state index in [4.69, 9.17) is 23.3 Å². The minimum Gasteiger partial charge on any atom is -0.491 e. The maximum Gasteiger partial charge on any atom is 0.416 e. The van der Waals surface area contributed by atoms with Gasteiger partial charge in [-0.15, -0.1) is 11.3 Å². The first kappa shape index (κ1) is 39.2. The van der Waals surface area contributed by atoms with Crippen LogP contribution in [0.2, 0.25) is 0 Å². The standard InChI is InChI=1S/C32H47FN3O8PS/c1-9-42-45(39,43-10-2)22-12-11-20-36(31(38)44-32(3,4)5)30-34-28(29(37)40-8)27(46-30)16-14-21-41-26-18-17-24(23-25(26)33)15-13-19-35(6)7/h17-18,23H,9-12,14,16,19-22H2,1-8H3. The van der Waals surface area contributed by atoms with E-state index in [1.165, 1.54) is 29.4 Å². The number of anilines is 1. The number of aryl methyl sites for hydroxylation is 1. The molecule has 0 aliphatic rings. The van der Waals surface area contributed by atoms with E-state index in [9.17, 15) is 18.5 Å². The lowest BCUT2D eigenvalue weighted by molar-refractivity contribution is 0.0569. The van der Waals surface area contributed by atoms with Gasteiger partial charge in [0.25, 0.3) is 0 Å². The molecule has 1 aromatic carbocycles. The molecule has 0 fully saturated rings. The summed E-state index contributed by atoms with van der Waals surface area (Å²) in [7, 11) is 1.83. The molecule has 2 aromatic rings. The van der Waals surface area contributed by atoms with Gasteiger partial charge >= 0.3 is 19.7 Å². The maximum absolute atomic E-state index is 14.6. The summed E-state index contributed by atoms with van der Waals surface area (Å²) in [5.41, 5.74) is -0.136. The Morgan fingerprint density at radius 3 is 2.37 bits per heavy atom. The van der Waals surface area contributed by atoms with Crippen molar-refractivity contribution in [3.63, 3.8) is 0 Å². The van der Waals surface area contributed by atoms with Crippen molar-refractivity contribution in [3.05, 3.63) is 40.2 Å². The van der Waals surface area contributed by atoms with Crippen LogP contribution in [0.25, 0.3) is 0 Å². The molecule has 0 unspecified atom stereocenters. The number of aromatic nitrogens is 1. The lowest BCUT2D eigenvalue weighted by Gasteiger charge is -2.26. The van der Waals surface area contributed by atoms with Crippen LogP contribution in [0, 0.1) is 17.7 Å². The predicted molar refractivity (Wildman–Crippen MR) is 178 cm³/mol. The van der Waals surface area contributed by atoms with Crippen molar-refractivity contribution in [2.75, 3.05) is 65.2 Å². The summed E-state index contributed by atoms with van der Waals surface area (Å²) in [4.78, 5) is 34.2. The molecule has 0 aliphatic heterocycles. The number of thiazole rings is 1. The molecule has 0 saturated heterocycles. The van der Waals surface area contributed by atoms with E-state index in [0.29, 0.717) is 42.7 Å². The summed E-state index contributed by atoms with van der Waals surface area (Å²) >= 11 is 1.17. The third-order valence-corrected chi connectivity index (χ3v) is 9.30. The number of esters is 1. The van der Waals surface area contributed by atoms with Gasteiger partial charge < -0.3 is 23.3 Å². The smallest absolute Gasteiger partial charge is 0.416 e. The van der Waals surface area contributed by atoms with Crippen molar-refractivity contribution in [1.82, 2.24) is 9.88 Å². The molecular weight excluding hydrogens is 636 g/mol. The molecule has 0 bridgehead atoms. The summed E-state index contributed by atoms with van der Waals surface area (Å²) in [6.45, 7) is 10.2. The van der Waals surface area contributed by atoms with Gasteiger partial charge in [0.1, 0.15) is 5.60 Å². The van der Waals surface area contributed by atoms with Crippen molar-refractivity contribution < 1.29 is 41.8 Å². The van der Waals surface area contributed by atoms with Crippen LogP contribution >= 0.6 is 18.9 Å². The molecule has 2 rings (SSSR count). The zero-order chi connectivity index (χ0) is 34.3. The van der Waals surface area contributed by atoms with E-state index in [-0.39, 0.29) is 49.1 Å². The fraction of sp³-hybridized carbons (Fsp3) is 0.594. The van der Waals surface area contributed by atoms with Gasteiger partial charge in [-0.3, -0.25) is 14.4 Å². The van der Waals surface area contributed by atoms with Gasteiger partial charge in [0.05, 0.1) is 39.6 Å². The summed E-state index contributed by atoms with van der Waals surface area (Å²) in [5.74, 6) is 4.83. The first-order valence-electron chi connectivity index (χ1n) is 15.2. The molecule has 256 valence electrons. The molecular formula is C32H47FN3O8PS. The SMILES string of the molecule is CCOP(=O)(CCCCN(C(=O)OC(C)(C)C)c1nc(C(=O)OC)c(CCCOc2ccc(C#CCN(C)C)cc2F)s1)OCC. The van der Waals surface area contributed by atoms with E-state index >= 15 is 0 Å². The Kier molecular flexibility index (Phi) is 16.2. The molecule has 0 spiro atoms. The Hall–Kier alpha value is -3.01. The van der Waals surface area contributed by atoms with Crippen molar-refractivity contribution in [2.45, 2.75) is 65.9 Å². The highest BCUT2D eigenvalue weighted by molar-refractivity contribution is 7.53. The highest BCUT2D eigenvalue weighted by Crippen LogP contribution is 2.48. The highest BCUT2D eigenvalue weighted by atomic mass is 32.1. The third-order valence-electron chi connectivity index (χ3n) is 5.99. The number of unbranched alkanes of at least 4 members (excludes halogenated alkanes) is 1. The average molecular weight is 684 g/mol. The van der Waals surface area contributed by atoms with Gasteiger partial charge in [-0.25, -0.2) is 19.0 Å². The Balaban J connectivity index is 2.16. The quantitative estimate of drug-likeness (QED) is 0.0765. The van der Waals surface area contributed by atoms with E-state index < -0.39 is 31.1 Å². The van der Waals surface area contributed by atoms with E-state index in [2.05, 4.69) is 16.8 Å². The molecule has 46 heavy (non-hydrogen) atoms. The molecule has 0 saturated carbocycles. The van der Waals surface area contributed by atoms with Crippen molar-refractivity contribution in [2.24, 2.45) is 0 Å². The van der Waals surface area contributed by atoms with Gasteiger partial charge in [0.2, 0.25) is 0 Å². The first-order valence-corrected chi connectivity index (χ1v) is 17.8. The number of halogens is 1. The average Bonchev–Trinajstić information content (AvgIpc) is 3.38. The molecule has 0 atom stereocenters. The number of benzene rings is 1. The number of ether oxygens (including phenoxy) is 3. The van der Waals surface area contributed by atoms with Crippen molar-refractivity contribution in [1.29, 1.82) is 0 Å². The Bertz CT molecular complexity index is 1390. The molecule has 0 radical (unpaired) electrons. The molecule has 0 N–H and O–H groups in total. The topological polar surface area (TPSA) is 117 Å². The van der Waals surface area contributed by atoms with Crippen LogP contribution in [-0.4, -0.2) is 87.8 Å². The predicted octanol–water partition coefficient (Wildman–Crippen LogP) is 6.78. The maximum atomic E-state index is 14.6. The van der Waals surface area contributed by atoms with Crippen LogP contribution in [0.4, 0.5) is 14.3 Å². The number of hydrogen-bond acceptors (Lipinski definition) is 11. The Morgan fingerprint density at radius 2 is 1.78 bits per heavy atom. The minimum atomic E-state index is -3.23. The lowest BCUT2D eigenvalue weighted by Crippen LogP contribution is -2.37. The number of carbonyl (C=O) groups is 2. The zero-order valence-corrected chi connectivity index (χ0v) is 29.9. The van der Waals surface area contributed by atoms with Crippen LogP contribution in [0.3, 0.4) is 0 Å². The number of rotatable bonds is 17. The van der Waals surface area contributed by atoms with Gasteiger partial charge in [0.15, 0.2) is 22.4 Å². The normalized spacial score (nSPS) is 11.6. The highest BCUT2D eigenvalue weighted by Gasteiger charge is 2.29. The Morgan fingerprint density at radius 1 is 1.09 bits per heavy atom.